The maximum atomic E-state index is 12.4. The molecule has 2 aromatic rings. The minimum atomic E-state index is -4.37. The largest absolute Gasteiger partial charge is 0.508 e. The molecular weight excluding hydrogens is 368 g/mol. The lowest BCUT2D eigenvalue weighted by Crippen LogP contribution is -2.07. The number of rotatable bonds is 6. The van der Waals surface area contributed by atoms with Crippen LogP contribution < -0.4 is 9.47 Å². The fraction of sp³-hybridized carbons (Fsp3) is 0.250. The molecule has 0 unspecified atom stereocenters. The van der Waals surface area contributed by atoms with Crippen LogP contribution in [-0.4, -0.2) is 18.3 Å². The van der Waals surface area contributed by atoms with E-state index in [0.29, 0.717) is 12.2 Å². The number of hydrogen-bond donors (Lipinski definition) is 1. The molecule has 1 N–H and O–H groups in total. The zero-order valence-electron chi connectivity index (χ0n) is 12.2. The molecular formula is C16H13Cl2F3O3. The van der Waals surface area contributed by atoms with Crippen molar-refractivity contribution in [1.82, 2.24) is 0 Å². The molecule has 0 saturated heterocycles. The van der Waals surface area contributed by atoms with E-state index in [-0.39, 0.29) is 34.8 Å². The predicted molar refractivity (Wildman–Crippen MR) is 85.2 cm³/mol. The second-order valence-corrected chi connectivity index (χ2v) is 5.63. The second kappa shape index (κ2) is 7.85. The van der Waals surface area contributed by atoms with E-state index in [1.807, 2.05) is 0 Å². The molecule has 0 aliphatic carbocycles. The Morgan fingerprint density at radius 1 is 0.917 bits per heavy atom. The molecule has 0 aliphatic heterocycles. The molecule has 3 nitrogen and oxygen atoms in total. The Morgan fingerprint density at radius 3 is 2.00 bits per heavy atom. The maximum absolute atomic E-state index is 12.4. The average molecular weight is 381 g/mol. The highest BCUT2D eigenvalue weighted by Crippen LogP contribution is 2.36. The second-order valence-electron chi connectivity index (χ2n) is 4.81. The molecule has 0 spiro atoms. The van der Waals surface area contributed by atoms with Gasteiger partial charge in [0.15, 0.2) is 5.75 Å². The molecule has 0 aliphatic rings. The third-order valence-electron chi connectivity index (χ3n) is 2.97. The van der Waals surface area contributed by atoms with Gasteiger partial charge in [-0.25, -0.2) is 0 Å². The van der Waals surface area contributed by atoms with Gasteiger partial charge in [-0.2, -0.15) is 13.2 Å². The molecule has 0 radical (unpaired) electrons. The summed E-state index contributed by atoms with van der Waals surface area (Å²) in [6, 6.07) is 7.06. The predicted octanol–water partition coefficient (Wildman–Crippen LogP) is 5.57. The van der Waals surface area contributed by atoms with Crippen LogP contribution in [0.4, 0.5) is 13.2 Å². The first-order valence-corrected chi connectivity index (χ1v) is 7.64. The lowest BCUT2D eigenvalue weighted by Gasteiger charge is -2.11. The van der Waals surface area contributed by atoms with Crippen molar-refractivity contribution >= 4 is 23.2 Å². The third-order valence-corrected chi connectivity index (χ3v) is 3.53. The van der Waals surface area contributed by atoms with Crippen molar-refractivity contribution in [3.05, 3.63) is 52.0 Å². The van der Waals surface area contributed by atoms with Crippen LogP contribution in [-0.2, 0) is 6.18 Å². The van der Waals surface area contributed by atoms with E-state index in [2.05, 4.69) is 0 Å². The topological polar surface area (TPSA) is 38.7 Å². The first kappa shape index (κ1) is 18.5. The van der Waals surface area contributed by atoms with E-state index < -0.39 is 11.7 Å². The monoisotopic (exact) mass is 380 g/mol. The van der Waals surface area contributed by atoms with Crippen molar-refractivity contribution in [1.29, 1.82) is 0 Å². The summed E-state index contributed by atoms with van der Waals surface area (Å²) < 4.78 is 48.0. The van der Waals surface area contributed by atoms with Crippen LogP contribution in [0, 0.1) is 0 Å². The molecule has 0 atom stereocenters. The van der Waals surface area contributed by atoms with E-state index in [1.165, 1.54) is 24.3 Å². The molecule has 0 amide bonds. The van der Waals surface area contributed by atoms with Gasteiger partial charge in [0.2, 0.25) is 0 Å². The third kappa shape index (κ3) is 5.11. The van der Waals surface area contributed by atoms with E-state index >= 15 is 0 Å². The van der Waals surface area contributed by atoms with Gasteiger partial charge in [-0.05, 0) is 24.3 Å². The van der Waals surface area contributed by atoms with Crippen LogP contribution in [0.2, 0.25) is 10.0 Å². The number of phenols is 1. The molecule has 2 rings (SSSR count). The summed E-state index contributed by atoms with van der Waals surface area (Å²) in [5.74, 6) is 0.525. The Morgan fingerprint density at radius 2 is 1.46 bits per heavy atom. The Kier molecular flexibility index (Phi) is 6.07. The van der Waals surface area contributed by atoms with Crippen LogP contribution >= 0.6 is 23.2 Å². The molecule has 0 heterocycles. The van der Waals surface area contributed by atoms with Crippen molar-refractivity contribution < 1.29 is 27.8 Å². The summed E-state index contributed by atoms with van der Waals surface area (Å²) in [6.45, 7) is 0.490. The highest BCUT2D eigenvalue weighted by Gasteiger charge is 2.29. The van der Waals surface area contributed by atoms with Gasteiger partial charge in [0, 0.05) is 18.6 Å². The van der Waals surface area contributed by atoms with Crippen LogP contribution in [0.15, 0.2) is 36.4 Å². The van der Waals surface area contributed by atoms with Crippen LogP contribution in [0.1, 0.15) is 12.0 Å². The number of benzene rings is 2. The minimum Gasteiger partial charge on any atom is -0.508 e. The summed E-state index contributed by atoms with van der Waals surface area (Å²) in [5.41, 5.74) is -0.727. The first-order chi connectivity index (χ1) is 11.3. The molecule has 0 bridgehead atoms. The number of hydrogen-bond acceptors (Lipinski definition) is 3. The SMILES string of the molecule is Oc1cc(Cl)c(OCCCOc2ccc(C(F)(F)F)cc2)c(Cl)c1. The summed E-state index contributed by atoms with van der Waals surface area (Å²) in [6.07, 6.45) is -3.90. The molecule has 24 heavy (non-hydrogen) atoms. The van der Waals surface area contributed by atoms with Gasteiger partial charge in [0.05, 0.1) is 28.8 Å². The van der Waals surface area contributed by atoms with Gasteiger partial charge < -0.3 is 14.6 Å². The number of alkyl halides is 3. The molecule has 8 heteroatoms. The summed E-state index contributed by atoms with van der Waals surface area (Å²) in [4.78, 5) is 0. The van der Waals surface area contributed by atoms with Crippen molar-refractivity contribution in [2.45, 2.75) is 12.6 Å². The molecule has 2 aromatic carbocycles. The Balaban J connectivity index is 1.78. The van der Waals surface area contributed by atoms with E-state index in [1.54, 1.807) is 0 Å². The fourth-order valence-corrected chi connectivity index (χ4v) is 2.43. The van der Waals surface area contributed by atoms with Crippen molar-refractivity contribution in [2.24, 2.45) is 0 Å². The maximum Gasteiger partial charge on any atom is 0.416 e. The van der Waals surface area contributed by atoms with Crippen LogP contribution in [0.5, 0.6) is 17.2 Å². The van der Waals surface area contributed by atoms with E-state index in [9.17, 15) is 18.3 Å². The fourth-order valence-electron chi connectivity index (χ4n) is 1.85. The summed E-state index contributed by atoms with van der Waals surface area (Å²) >= 11 is 11.8. The average Bonchev–Trinajstić information content (AvgIpc) is 2.48. The lowest BCUT2D eigenvalue weighted by atomic mass is 10.2. The van der Waals surface area contributed by atoms with Crippen molar-refractivity contribution in [3.8, 4) is 17.2 Å². The number of ether oxygens (including phenoxy) is 2. The van der Waals surface area contributed by atoms with Crippen molar-refractivity contribution in [3.63, 3.8) is 0 Å². The highest BCUT2D eigenvalue weighted by molar-refractivity contribution is 6.37. The highest BCUT2D eigenvalue weighted by atomic mass is 35.5. The van der Waals surface area contributed by atoms with Gasteiger partial charge >= 0.3 is 6.18 Å². The smallest absolute Gasteiger partial charge is 0.416 e. The summed E-state index contributed by atoms with van der Waals surface area (Å²) in [5, 5.41) is 9.68. The Labute approximate surface area is 146 Å². The van der Waals surface area contributed by atoms with Gasteiger partial charge in [-0.1, -0.05) is 23.2 Å². The number of halogens is 5. The number of phenolic OH excluding ortho intramolecular Hbond substituents is 1. The Hall–Kier alpha value is -1.79. The van der Waals surface area contributed by atoms with E-state index in [4.69, 9.17) is 32.7 Å². The minimum absolute atomic E-state index is 0.0667. The molecule has 0 aromatic heterocycles. The van der Waals surface area contributed by atoms with Gasteiger partial charge in [-0.15, -0.1) is 0 Å². The quantitative estimate of drug-likeness (QED) is 0.666. The lowest BCUT2D eigenvalue weighted by molar-refractivity contribution is -0.137. The van der Waals surface area contributed by atoms with Crippen LogP contribution in [0.3, 0.4) is 0 Å². The summed E-state index contributed by atoms with van der Waals surface area (Å²) in [7, 11) is 0. The van der Waals surface area contributed by atoms with Crippen molar-refractivity contribution in [2.75, 3.05) is 13.2 Å². The number of aromatic hydroxyl groups is 1. The Bertz CT molecular complexity index is 665. The zero-order valence-corrected chi connectivity index (χ0v) is 13.8. The normalized spacial score (nSPS) is 11.4. The molecule has 0 saturated carbocycles. The zero-order chi connectivity index (χ0) is 17.7. The first-order valence-electron chi connectivity index (χ1n) is 6.88. The van der Waals surface area contributed by atoms with Gasteiger partial charge in [0.1, 0.15) is 11.5 Å². The molecule has 130 valence electrons. The van der Waals surface area contributed by atoms with E-state index in [0.717, 1.165) is 12.1 Å². The van der Waals surface area contributed by atoms with Gasteiger partial charge in [0.25, 0.3) is 0 Å². The van der Waals surface area contributed by atoms with Gasteiger partial charge in [-0.3, -0.25) is 0 Å². The molecule has 0 fully saturated rings. The standard InChI is InChI=1S/C16H13Cl2F3O3/c17-13-8-11(22)9-14(18)15(13)24-7-1-6-23-12-4-2-10(3-5-12)16(19,20)21/h2-5,8-9,22H,1,6-7H2. The van der Waals surface area contributed by atoms with Crippen LogP contribution in [0.25, 0.3) is 0 Å².